The van der Waals surface area contributed by atoms with Gasteiger partial charge in [0.15, 0.2) is 0 Å². The minimum atomic E-state index is -0.571. The number of carbonyl (C=O) groups is 3. The maximum absolute atomic E-state index is 13.3. The molecular formula is C46H51N5O4. The fraction of sp³-hybridized carbons (Fsp3) is 0.413. The van der Waals surface area contributed by atoms with E-state index in [9.17, 15) is 19.5 Å². The highest BCUT2D eigenvalue weighted by Gasteiger charge is 2.41. The largest absolute Gasteiger partial charge is 0.508 e. The number of nitrogens with zero attached hydrogens (tertiary/aromatic N) is 5. The van der Waals surface area contributed by atoms with E-state index in [1.165, 1.54) is 52.7 Å². The van der Waals surface area contributed by atoms with Gasteiger partial charge in [0.1, 0.15) is 11.8 Å². The van der Waals surface area contributed by atoms with Gasteiger partial charge in [-0.25, -0.2) is 0 Å². The zero-order valence-corrected chi connectivity index (χ0v) is 31.8. The summed E-state index contributed by atoms with van der Waals surface area (Å²) >= 11 is 0. The van der Waals surface area contributed by atoms with E-state index in [0.717, 1.165) is 69.9 Å². The number of likely N-dealkylation sites (N-methyl/N-ethyl adjacent to an activating group) is 1. The molecule has 9 rings (SSSR count). The summed E-state index contributed by atoms with van der Waals surface area (Å²) in [6.45, 7) is 7.65. The third kappa shape index (κ3) is 6.88. The summed E-state index contributed by atoms with van der Waals surface area (Å²) in [7, 11) is 1.51. The van der Waals surface area contributed by atoms with Crippen LogP contribution >= 0.6 is 0 Å². The smallest absolute Gasteiger partial charge is 0.255 e. The van der Waals surface area contributed by atoms with Crippen molar-refractivity contribution in [3.05, 3.63) is 124 Å². The van der Waals surface area contributed by atoms with E-state index in [1.807, 2.05) is 18.2 Å². The fourth-order valence-electron chi connectivity index (χ4n) is 10.1. The number of hydrogen-bond acceptors (Lipinski definition) is 7. The average molecular weight is 738 g/mol. The molecule has 1 N–H and O–H groups in total. The Kier molecular flexibility index (Phi) is 9.58. The molecule has 1 unspecified atom stereocenters. The monoisotopic (exact) mass is 737 g/mol. The summed E-state index contributed by atoms with van der Waals surface area (Å²) in [6, 6.07) is 31.7. The van der Waals surface area contributed by atoms with Gasteiger partial charge in [-0.05, 0) is 114 Å². The van der Waals surface area contributed by atoms with Crippen LogP contribution in [0.4, 0.5) is 11.4 Å². The van der Waals surface area contributed by atoms with Crippen LogP contribution in [0.25, 0.3) is 0 Å². The van der Waals surface area contributed by atoms with Crippen molar-refractivity contribution in [2.75, 3.05) is 62.7 Å². The lowest BCUT2D eigenvalue weighted by molar-refractivity contribution is -0.150. The molecule has 3 fully saturated rings. The SMILES string of the molecule is CN1C(=O)CCC(N2Cc3cc(N4CCN(CC5CCN(c6ccc([C@@H]7c8ccc(O)cc8CC[C@@H]7c7ccccc7)cc6)CC5)CC4)ccc3C2=O)C1=O. The second-order valence-electron chi connectivity index (χ2n) is 16.3. The molecule has 0 bridgehead atoms. The van der Waals surface area contributed by atoms with Gasteiger partial charge < -0.3 is 19.8 Å². The minimum absolute atomic E-state index is 0.110. The standard InChI is InChI=1S/C46H51N5O4/c1-47-43(53)18-17-42(46(47)55)51-30-35-27-37(12-15-41(35)45(51)54)50-25-23-48(24-26-50)29-31-19-21-49(22-20-31)36-10-7-33(8-11-36)44-39(32-5-3-2-4-6-32)14-9-34-28-38(52)13-16-40(34)44/h2-8,10-13,15-16,27-28,31,39,42,44,52H,9,14,17-26,29-30H2,1H3/t39-,42?,44+/m1/s1. The van der Waals surface area contributed by atoms with Crippen LogP contribution in [-0.4, -0.2) is 96.4 Å². The molecule has 0 radical (unpaired) electrons. The Labute approximate surface area is 324 Å². The van der Waals surface area contributed by atoms with Crippen molar-refractivity contribution in [3.8, 4) is 5.75 Å². The number of likely N-dealkylation sites (tertiary alicyclic amines) is 1. The Morgan fingerprint density at radius 1 is 0.673 bits per heavy atom. The molecule has 3 saturated heterocycles. The fourth-order valence-corrected chi connectivity index (χ4v) is 10.1. The zero-order valence-electron chi connectivity index (χ0n) is 31.8. The van der Waals surface area contributed by atoms with Gasteiger partial charge in [-0.2, -0.15) is 0 Å². The molecule has 4 aliphatic heterocycles. The lowest BCUT2D eigenvalue weighted by Gasteiger charge is -2.40. The van der Waals surface area contributed by atoms with Crippen molar-refractivity contribution >= 4 is 29.1 Å². The molecule has 0 saturated carbocycles. The molecule has 0 aromatic heterocycles. The number of imide groups is 1. The van der Waals surface area contributed by atoms with Gasteiger partial charge in [-0.15, -0.1) is 0 Å². The molecule has 3 atom stereocenters. The van der Waals surface area contributed by atoms with E-state index in [2.05, 4.69) is 87.5 Å². The van der Waals surface area contributed by atoms with Crippen LogP contribution in [0.1, 0.15) is 82.1 Å². The molecule has 5 aliphatic rings. The summed E-state index contributed by atoms with van der Waals surface area (Å²) in [5.41, 5.74) is 9.41. The second kappa shape index (κ2) is 14.8. The van der Waals surface area contributed by atoms with Crippen LogP contribution in [0, 0.1) is 5.92 Å². The number of aryl methyl sites for hydroxylation is 1. The summed E-state index contributed by atoms with van der Waals surface area (Å²) in [4.78, 5) is 48.5. The number of phenols is 1. The zero-order chi connectivity index (χ0) is 37.6. The minimum Gasteiger partial charge on any atom is -0.508 e. The number of benzene rings is 4. The molecule has 284 valence electrons. The Bertz CT molecular complexity index is 2070. The van der Waals surface area contributed by atoms with Crippen molar-refractivity contribution in [1.82, 2.24) is 14.7 Å². The Balaban J connectivity index is 0.779. The van der Waals surface area contributed by atoms with Gasteiger partial charge in [0, 0.05) is 88.7 Å². The van der Waals surface area contributed by atoms with Crippen LogP contribution < -0.4 is 9.80 Å². The Morgan fingerprint density at radius 2 is 1.40 bits per heavy atom. The maximum Gasteiger partial charge on any atom is 0.255 e. The van der Waals surface area contributed by atoms with Gasteiger partial charge in [0.2, 0.25) is 5.91 Å². The first-order valence-corrected chi connectivity index (χ1v) is 20.2. The number of hydrogen-bond donors (Lipinski definition) is 1. The van der Waals surface area contributed by atoms with Crippen LogP contribution in [0.5, 0.6) is 5.75 Å². The summed E-state index contributed by atoms with van der Waals surface area (Å²) in [5, 5.41) is 10.2. The predicted molar refractivity (Wildman–Crippen MR) is 215 cm³/mol. The van der Waals surface area contributed by atoms with E-state index in [1.54, 1.807) is 4.90 Å². The summed E-state index contributed by atoms with van der Waals surface area (Å²) in [5.74, 6) is 1.14. The first-order valence-electron chi connectivity index (χ1n) is 20.2. The van der Waals surface area contributed by atoms with Gasteiger partial charge >= 0.3 is 0 Å². The third-order valence-corrected chi connectivity index (χ3v) is 13.2. The number of fused-ring (bicyclic) bond motifs is 2. The second-order valence-corrected chi connectivity index (χ2v) is 16.3. The van der Waals surface area contributed by atoms with Crippen molar-refractivity contribution in [2.45, 2.75) is 62.9 Å². The van der Waals surface area contributed by atoms with Crippen LogP contribution in [0.2, 0.25) is 0 Å². The van der Waals surface area contributed by atoms with E-state index < -0.39 is 6.04 Å². The van der Waals surface area contributed by atoms with Crippen LogP contribution in [-0.2, 0) is 22.6 Å². The maximum atomic E-state index is 13.3. The summed E-state index contributed by atoms with van der Waals surface area (Å²) < 4.78 is 0. The topological polar surface area (TPSA) is 87.6 Å². The van der Waals surface area contributed by atoms with E-state index in [4.69, 9.17) is 0 Å². The molecule has 3 amide bonds. The number of phenolic OH excluding ortho intramolecular Hbond substituents is 1. The molecule has 1 aliphatic carbocycles. The highest BCUT2D eigenvalue weighted by molar-refractivity contribution is 6.05. The van der Waals surface area contributed by atoms with Gasteiger partial charge in [0.25, 0.3) is 11.8 Å². The van der Waals surface area contributed by atoms with Crippen LogP contribution in [0.15, 0.2) is 91.0 Å². The molecular weight excluding hydrogens is 687 g/mol. The van der Waals surface area contributed by atoms with Crippen molar-refractivity contribution in [3.63, 3.8) is 0 Å². The molecule has 0 spiro atoms. The number of piperidine rings is 2. The first kappa shape index (κ1) is 35.5. The van der Waals surface area contributed by atoms with E-state index >= 15 is 0 Å². The van der Waals surface area contributed by atoms with E-state index in [-0.39, 0.29) is 30.1 Å². The Hall–Kier alpha value is -5.15. The van der Waals surface area contributed by atoms with Crippen molar-refractivity contribution in [1.29, 1.82) is 0 Å². The molecule has 4 aromatic carbocycles. The average Bonchev–Trinajstić information content (AvgIpc) is 3.55. The number of amides is 3. The summed E-state index contributed by atoms with van der Waals surface area (Å²) in [6.07, 6.45) is 5.12. The number of anilines is 2. The third-order valence-electron chi connectivity index (χ3n) is 13.2. The van der Waals surface area contributed by atoms with E-state index in [0.29, 0.717) is 36.1 Å². The van der Waals surface area contributed by atoms with Gasteiger partial charge in [-0.1, -0.05) is 48.5 Å². The van der Waals surface area contributed by atoms with Gasteiger partial charge in [0.05, 0.1) is 0 Å². The van der Waals surface area contributed by atoms with Crippen LogP contribution in [0.3, 0.4) is 0 Å². The number of carbonyl (C=O) groups excluding carboxylic acids is 3. The molecule has 4 heterocycles. The molecule has 9 heteroatoms. The lowest BCUT2D eigenvalue weighted by atomic mass is 9.69. The number of rotatable bonds is 7. The first-order chi connectivity index (χ1) is 26.8. The highest BCUT2D eigenvalue weighted by Crippen LogP contribution is 2.47. The number of aromatic hydroxyl groups is 1. The highest BCUT2D eigenvalue weighted by atomic mass is 16.3. The van der Waals surface area contributed by atoms with Crippen molar-refractivity contribution < 1.29 is 19.5 Å². The molecule has 4 aromatic rings. The lowest BCUT2D eigenvalue weighted by Crippen LogP contribution is -2.53. The Morgan fingerprint density at radius 3 is 2.16 bits per heavy atom. The molecule has 9 nitrogen and oxygen atoms in total. The quantitative estimate of drug-likeness (QED) is 0.220. The van der Waals surface area contributed by atoms with Crippen molar-refractivity contribution in [2.24, 2.45) is 5.92 Å². The normalized spacial score (nSPS) is 23.7. The number of piperazine rings is 1. The van der Waals surface area contributed by atoms with Gasteiger partial charge in [-0.3, -0.25) is 24.2 Å². The molecule has 55 heavy (non-hydrogen) atoms. The predicted octanol–water partition coefficient (Wildman–Crippen LogP) is 6.40.